The number of rotatable bonds is 6. The number of nitrogens with zero attached hydrogens (tertiary/aromatic N) is 2. The molecule has 0 bridgehead atoms. The third kappa shape index (κ3) is 4.63. The summed E-state index contributed by atoms with van der Waals surface area (Å²) in [5.74, 6) is 2.53. The first-order valence-electron chi connectivity index (χ1n) is 8.95. The highest BCUT2D eigenvalue weighted by Gasteiger charge is 2.33. The number of aliphatic imine (C=N–C) groups is 1. The molecule has 0 aromatic heterocycles. The minimum Gasteiger partial charge on any atom is -0.497 e. The molecular weight excluding hydrogens is 360 g/mol. The molecule has 1 heterocycles. The first-order chi connectivity index (χ1) is 13.1. The maximum absolute atomic E-state index is 13.0. The van der Waals surface area contributed by atoms with E-state index in [2.05, 4.69) is 6.92 Å². The van der Waals surface area contributed by atoms with E-state index in [1.807, 2.05) is 53.4 Å². The highest BCUT2D eigenvalue weighted by molar-refractivity contribution is 8.14. The van der Waals surface area contributed by atoms with Crippen molar-refractivity contribution in [1.82, 2.24) is 4.90 Å². The van der Waals surface area contributed by atoms with E-state index < -0.39 is 0 Å². The molecule has 1 amide bonds. The van der Waals surface area contributed by atoms with E-state index in [1.54, 1.807) is 26.0 Å². The average Bonchev–Trinajstić information content (AvgIpc) is 3.12. The second-order valence-corrected chi connectivity index (χ2v) is 7.24. The highest BCUT2D eigenvalue weighted by Crippen LogP contribution is 2.30. The Balaban J connectivity index is 1.79. The number of amidine groups is 1. The quantitative estimate of drug-likeness (QED) is 0.746. The lowest BCUT2D eigenvalue weighted by atomic mass is 10.1. The van der Waals surface area contributed by atoms with Crippen LogP contribution in [0.2, 0.25) is 0 Å². The number of hydrogen-bond acceptors (Lipinski definition) is 5. The van der Waals surface area contributed by atoms with Crippen molar-refractivity contribution in [3.05, 3.63) is 54.1 Å². The third-order valence-electron chi connectivity index (χ3n) is 4.53. The van der Waals surface area contributed by atoms with Gasteiger partial charge in [0.2, 0.25) is 5.91 Å². The van der Waals surface area contributed by atoms with Crippen molar-refractivity contribution in [1.29, 1.82) is 0 Å². The molecule has 0 unspecified atom stereocenters. The molecule has 1 atom stereocenters. The number of methoxy groups -OCH3 is 2. The number of ether oxygens (including phenoxy) is 2. The van der Waals surface area contributed by atoms with E-state index in [0.29, 0.717) is 6.42 Å². The molecule has 0 radical (unpaired) electrons. The summed E-state index contributed by atoms with van der Waals surface area (Å²) in [6.07, 6.45) is 1.26. The second-order valence-electron chi connectivity index (χ2n) is 6.25. The van der Waals surface area contributed by atoms with Crippen molar-refractivity contribution in [2.45, 2.75) is 25.8 Å². The van der Waals surface area contributed by atoms with Crippen LogP contribution in [0.3, 0.4) is 0 Å². The zero-order valence-corrected chi connectivity index (χ0v) is 16.7. The Hall–Kier alpha value is -2.47. The molecule has 142 valence electrons. The summed E-state index contributed by atoms with van der Waals surface area (Å²) in [5, 5.41) is 0.769. The largest absolute Gasteiger partial charge is 0.497 e. The van der Waals surface area contributed by atoms with Gasteiger partial charge >= 0.3 is 0 Å². The molecule has 0 aliphatic carbocycles. The van der Waals surface area contributed by atoms with Crippen LogP contribution in [0.15, 0.2) is 53.5 Å². The van der Waals surface area contributed by atoms with Crippen LogP contribution in [0.5, 0.6) is 11.5 Å². The standard InChI is InChI=1S/C21H24N2O3S/c1-4-17-14-27-21(22-16-7-11-19(26-3)12-8-16)23(17)20(24)13-15-5-9-18(25-2)10-6-15/h5-12,17H,4,13-14H2,1-3H3/t17-/m1/s1. The summed E-state index contributed by atoms with van der Waals surface area (Å²) in [6.45, 7) is 2.11. The van der Waals surface area contributed by atoms with Crippen LogP contribution >= 0.6 is 11.8 Å². The van der Waals surface area contributed by atoms with Gasteiger partial charge in [0.25, 0.3) is 0 Å². The van der Waals surface area contributed by atoms with E-state index in [-0.39, 0.29) is 11.9 Å². The van der Waals surface area contributed by atoms with E-state index in [9.17, 15) is 4.79 Å². The minimum atomic E-state index is 0.0734. The predicted molar refractivity (Wildman–Crippen MR) is 110 cm³/mol. The van der Waals surface area contributed by atoms with Gasteiger partial charge in [-0.25, -0.2) is 4.99 Å². The number of hydrogen-bond donors (Lipinski definition) is 0. The number of carbonyl (C=O) groups is 1. The van der Waals surface area contributed by atoms with Crippen LogP contribution in [0.1, 0.15) is 18.9 Å². The molecular formula is C21H24N2O3S. The molecule has 0 saturated carbocycles. The Kier molecular flexibility index (Phi) is 6.40. The molecule has 1 aliphatic rings. The molecule has 1 fully saturated rings. The summed E-state index contributed by atoms with van der Waals surface area (Å²) in [4.78, 5) is 19.6. The van der Waals surface area contributed by atoms with Gasteiger partial charge in [-0.1, -0.05) is 30.8 Å². The lowest BCUT2D eigenvalue weighted by Crippen LogP contribution is -2.39. The lowest BCUT2D eigenvalue weighted by Gasteiger charge is -2.23. The van der Waals surface area contributed by atoms with Gasteiger partial charge in [-0.15, -0.1) is 0 Å². The maximum atomic E-state index is 13.0. The van der Waals surface area contributed by atoms with Crippen LogP contribution in [-0.2, 0) is 11.2 Å². The van der Waals surface area contributed by atoms with Crippen molar-refractivity contribution in [2.75, 3.05) is 20.0 Å². The molecule has 3 rings (SSSR count). The molecule has 27 heavy (non-hydrogen) atoms. The Labute approximate surface area is 164 Å². The van der Waals surface area contributed by atoms with Crippen molar-refractivity contribution in [2.24, 2.45) is 4.99 Å². The second kappa shape index (κ2) is 8.95. The zero-order valence-electron chi connectivity index (χ0n) is 15.8. The van der Waals surface area contributed by atoms with Crippen LogP contribution in [0.4, 0.5) is 5.69 Å². The number of carbonyl (C=O) groups excluding carboxylic acids is 1. The molecule has 0 spiro atoms. The Morgan fingerprint density at radius 2 is 1.67 bits per heavy atom. The Morgan fingerprint density at radius 3 is 2.22 bits per heavy atom. The number of amides is 1. The summed E-state index contributed by atoms with van der Waals surface area (Å²) >= 11 is 1.64. The average molecular weight is 385 g/mol. The van der Waals surface area contributed by atoms with E-state index in [0.717, 1.165) is 40.1 Å². The first kappa shape index (κ1) is 19.3. The molecule has 0 N–H and O–H groups in total. The summed E-state index contributed by atoms with van der Waals surface area (Å²) in [7, 11) is 3.27. The SMILES string of the molecule is CC[C@@H]1CSC(=Nc2ccc(OC)cc2)N1C(=O)Cc1ccc(OC)cc1. The smallest absolute Gasteiger partial charge is 0.233 e. The van der Waals surface area contributed by atoms with Crippen molar-refractivity contribution in [3.63, 3.8) is 0 Å². The van der Waals surface area contributed by atoms with E-state index in [4.69, 9.17) is 14.5 Å². The van der Waals surface area contributed by atoms with Crippen molar-refractivity contribution >= 4 is 28.5 Å². The van der Waals surface area contributed by atoms with Crippen molar-refractivity contribution < 1.29 is 14.3 Å². The van der Waals surface area contributed by atoms with E-state index >= 15 is 0 Å². The number of thioether (sulfide) groups is 1. The van der Waals surface area contributed by atoms with Gasteiger partial charge in [-0.2, -0.15) is 0 Å². The van der Waals surface area contributed by atoms with Crippen LogP contribution in [-0.4, -0.2) is 42.0 Å². The van der Waals surface area contributed by atoms with Crippen molar-refractivity contribution in [3.8, 4) is 11.5 Å². The zero-order chi connectivity index (χ0) is 19.2. The van der Waals surface area contributed by atoms with Gasteiger partial charge in [0.1, 0.15) is 11.5 Å². The van der Waals surface area contributed by atoms with Gasteiger partial charge in [0, 0.05) is 11.8 Å². The summed E-state index contributed by atoms with van der Waals surface area (Å²) in [6, 6.07) is 15.4. The van der Waals surface area contributed by atoms with Gasteiger partial charge in [-0.05, 0) is 48.4 Å². The fourth-order valence-electron chi connectivity index (χ4n) is 2.94. The monoisotopic (exact) mass is 384 g/mol. The molecule has 5 nitrogen and oxygen atoms in total. The van der Waals surface area contributed by atoms with Gasteiger partial charge in [-0.3, -0.25) is 9.69 Å². The molecule has 1 aliphatic heterocycles. The highest BCUT2D eigenvalue weighted by atomic mass is 32.2. The molecule has 2 aromatic rings. The minimum absolute atomic E-state index is 0.0734. The van der Waals surface area contributed by atoms with Crippen LogP contribution in [0, 0.1) is 0 Å². The lowest BCUT2D eigenvalue weighted by molar-refractivity contribution is -0.127. The Morgan fingerprint density at radius 1 is 1.07 bits per heavy atom. The maximum Gasteiger partial charge on any atom is 0.233 e. The molecule has 1 saturated heterocycles. The van der Waals surface area contributed by atoms with Gasteiger partial charge < -0.3 is 9.47 Å². The summed E-state index contributed by atoms with van der Waals surface area (Å²) < 4.78 is 10.4. The van der Waals surface area contributed by atoms with Gasteiger partial charge in [0.05, 0.1) is 26.3 Å². The van der Waals surface area contributed by atoms with Crippen LogP contribution < -0.4 is 9.47 Å². The summed E-state index contributed by atoms with van der Waals surface area (Å²) in [5.41, 5.74) is 1.79. The molecule has 2 aromatic carbocycles. The third-order valence-corrected chi connectivity index (χ3v) is 5.63. The normalized spacial score (nSPS) is 18.0. The molecule has 6 heteroatoms. The fourth-order valence-corrected chi connectivity index (χ4v) is 4.22. The first-order valence-corrected chi connectivity index (χ1v) is 9.93. The Bertz CT molecular complexity index is 803. The predicted octanol–water partition coefficient (Wildman–Crippen LogP) is 4.29. The number of benzene rings is 2. The van der Waals surface area contributed by atoms with Gasteiger partial charge in [0.15, 0.2) is 5.17 Å². The van der Waals surface area contributed by atoms with E-state index in [1.165, 1.54) is 0 Å². The van der Waals surface area contributed by atoms with Crippen LogP contribution in [0.25, 0.3) is 0 Å². The fraction of sp³-hybridized carbons (Fsp3) is 0.333. The topological polar surface area (TPSA) is 51.1 Å².